The fraction of sp³-hybridized carbons (Fsp3) is 0. The summed E-state index contributed by atoms with van der Waals surface area (Å²) in [6, 6.07) is 11.3. The highest BCUT2D eigenvalue weighted by Crippen LogP contribution is 2.36. The summed E-state index contributed by atoms with van der Waals surface area (Å²) in [5, 5.41) is 4.26. The second kappa shape index (κ2) is 5.83. The molecule has 4 nitrogen and oxygen atoms in total. The van der Waals surface area contributed by atoms with Crippen molar-refractivity contribution >= 4 is 83.3 Å². The minimum atomic E-state index is -0.237. The van der Waals surface area contributed by atoms with Crippen LogP contribution in [-0.4, -0.2) is 14.7 Å². The minimum absolute atomic E-state index is 0.237. The summed E-state index contributed by atoms with van der Waals surface area (Å²) in [4.78, 5) is 13.1. The molecule has 0 aliphatic rings. The van der Waals surface area contributed by atoms with Crippen molar-refractivity contribution < 1.29 is 4.79 Å². The van der Waals surface area contributed by atoms with Gasteiger partial charge in [-0.05, 0) is 34.1 Å². The predicted molar refractivity (Wildman–Crippen MR) is 99.9 cm³/mol. The Morgan fingerprint density at radius 1 is 1.17 bits per heavy atom. The Morgan fingerprint density at radius 3 is 2.83 bits per heavy atom. The van der Waals surface area contributed by atoms with Gasteiger partial charge in [0.25, 0.3) is 5.91 Å². The lowest BCUT2D eigenvalue weighted by atomic mass is 10.2. The van der Waals surface area contributed by atoms with Crippen LogP contribution in [0.4, 0.5) is 5.69 Å². The molecule has 0 radical (unpaired) electrons. The van der Waals surface area contributed by atoms with Crippen molar-refractivity contribution in [1.82, 2.24) is 8.75 Å². The number of hydrogen-bond donors (Lipinski definition) is 1. The number of fused-ring (bicyclic) bond motifs is 2. The van der Waals surface area contributed by atoms with Gasteiger partial charge in [0.2, 0.25) is 0 Å². The van der Waals surface area contributed by atoms with Crippen molar-refractivity contribution in [3.8, 4) is 0 Å². The second-order valence-corrected chi connectivity index (χ2v) is 7.51. The first-order chi connectivity index (χ1) is 11.1. The highest BCUT2D eigenvalue weighted by molar-refractivity contribution is 9.10. The van der Waals surface area contributed by atoms with Gasteiger partial charge >= 0.3 is 0 Å². The Hall–Kier alpha value is -1.54. The molecule has 23 heavy (non-hydrogen) atoms. The van der Waals surface area contributed by atoms with E-state index in [2.05, 4.69) is 30.0 Å². The first-order valence-corrected chi connectivity index (χ1v) is 9.26. The number of aromatic nitrogens is 2. The molecule has 0 fully saturated rings. The first-order valence-electron chi connectivity index (χ1n) is 6.54. The van der Waals surface area contributed by atoms with E-state index < -0.39 is 0 Å². The van der Waals surface area contributed by atoms with Crippen LogP contribution in [-0.2, 0) is 0 Å². The van der Waals surface area contributed by atoms with Gasteiger partial charge in [-0.2, -0.15) is 8.75 Å². The molecule has 1 N–H and O–H groups in total. The predicted octanol–water partition coefficient (Wildman–Crippen LogP) is 5.57. The van der Waals surface area contributed by atoms with Crippen molar-refractivity contribution in [3.05, 3.63) is 50.8 Å². The molecule has 0 atom stereocenters. The van der Waals surface area contributed by atoms with Crippen LogP contribution in [0.15, 0.2) is 40.9 Å². The SMILES string of the molecule is O=C(Nc1ccc2nsnc2c1Br)c1sc2ccccc2c1Cl. The van der Waals surface area contributed by atoms with Gasteiger partial charge in [0.1, 0.15) is 15.9 Å². The molecular weight excluding hydrogens is 418 g/mol. The number of thiophene rings is 1. The molecule has 0 saturated heterocycles. The van der Waals surface area contributed by atoms with Crippen molar-refractivity contribution in [1.29, 1.82) is 0 Å². The minimum Gasteiger partial charge on any atom is -0.320 e. The largest absolute Gasteiger partial charge is 0.320 e. The van der Waals surface area contributed by atoms with Crippen molar-refractivity contribution in [2.45, 2.75) is 0 Å². The summed E-state index contributed by atoms with van der Waals surface area (Å²) < 4.78 is 10.1. The van der Waals surface area contributed by atoms with Crippen molar-refractivity contribution in [2.24, 2.45) is 0 Å². The highest BCUT2D eigenvalue weighted by atomic mass is 79.9. The maximum Gasteiger partial charge on any atom is 0.267 e. The Bertz CT molecular complexity index is 1060. The quantitative estimate of drug-likeness (QED) is 0.457. The molecule has 0 spiro atoms. The van der Waals surface area contributed by atoms with Gasteiger partial charge in [0.15, 0.2) is 0 Å². The Labute approximate surface area is 152 Å². The lowest BCUT2D eigenvalue weighted by molar-refractivity contribution is 0.103. The van der Waals surface area contributed by atoms with Gasteiger partial charge in [-0.25, -0.2) is 0 Å². The first kappa shape index (κ1) is 15.0. The second-order valence-electron chi connectivity index (χ2n) is 4.75. The van der Waals surface area contributed by atoms with E-state index in [9.17, 15) is 4.79 Å². The summed E-state index contributed by atoms with van der Waals surface area (Å²) in [6.07, 6.45) is 0. The number of amides is 1. The van der Waals surface area contributed by atoms with Gasteiger partial charge in [-0.15, -0.1) is 11.3 Å². The zero-order valence-corrected chi connectivity index (χ0v) is 15.3. The Kier molecular flexibility index (Phi) is 3.81. The fourth-order valence-electron chi connectivity index (χ4n) is 2.26. The number of nitrogens with zero attached hydrogens (tertiary/aromatic N) is 2. The van der Waals surface area contributed by atoms with Crippen LogP contribution in [0.25, 0.3) is 21.1 Å². The van der Waals surface area contributed by atoms with E-state index in [0.717, 1.165) is 32.8 Å². The van der Waals surface area contributed by atoms with Gasteiger partial charge in [-0.1, -0.05) is 29.8 Å². The molecule has 4 aromatic rings. The van der Waals surface area contributed by atoms with Crippen LogP contribution in [0.3, 0.4) is 0 Å². The third kappa shape index (κ3) is 2.53. The van der Waals surface area contributed by atoms with Gasteiger partial charge in [-0.3, -0.25) is 4.79 Å². The summed E-state index contributed by atoms with van der Waals surface area (Å²) >= 11 is 12.3. The molecule has 2 aromatic carbocycles. The standard InChI is InChI=1S/C15H7BrClN3OS2/c16-11-8(5-6-9-13(11)20-23-19-9)18-15(21)14-12(17)7-3-1-2-4-10(7)22-14/h1-6H,(H,18,21). The average Bonchev–Trinajstić information content (AvgIpc) is 3.16. The van der Waals surface area contributed by atoms with Gasteiger partial charge in [0, 0.05) is 10.1 Å². The molecule has 8 heteroatoms. The van der Waals surface area contributed by atoms with E-state index in [0.29, 0.717) is 20.1 Å². The van der Waals surface area contributed by atoms with Gasteiger partial charge < -0.3 is 5.32 Å². The zero-order valence-electron chi connectivity index (χ0n) is 11.3. The molecule has 0 bridgehead atoms. The highest BCUT2D eigenvalue weighted by Gasteiger charge is 2.18. The monoisotopic (exact) mass is 423 g/mol. The summed E-state index contributed by atoms with van der Waals surface area (Å²) in [6.45, 7) is 0. The topological polar surface area (TPSA) is 54.9 Å². The van der Waals surface area contributed by atoms with Crippen LogP contribution in [0.5, 0.6) is 0 Å². The smallest absolute Gasteiger partial charge is 0.267 e. The van der Waals surface area contributed by atoms with Crippen LogP contribution in [0.1, 0.15) is 9.67 Å². The van der Waals surface area contributed by atoms with E-state index in [4.69, 9.17) is 11.6 Å². The molecule has 2 aromatic heterocycles. The lowest BCUT2D eigenvalue weighted by Crippen LogP contribution is -2.11. The van der Waals surface area contributed by atoms with E-state index in [-0.39, 0.29) is 5.91 Å². The molecule has 114 valence electrons. The molecule has 0 aliphatic carbocycles. The molecule has 1 amide bonds. The number of nitrogens with one attached hydrogen (secondary N) is 1. The third-order valence-corrected chi connectivity index (χ3v) is 6.37. The summed E-state index contributed by atoms with van der Waals surface area (Å²) in [5.74, 6) is -0.237. The maximum atomic E-state index is 12.6. The number of halogens is 2. The Morgan fingerprint density at radius 2 is 2.00 bits per heavy atom. The number of hydrogen-bond acceptors (Lipinski definition) is 5. The summed E-state index contributed by atoms with van der Waals surface area (Å²) in [5.41, 5.74) is 2.17. The molecule has 0 aliphatic heterocycles. The van der Waals surface area contributed by atoms with Crippen LogP contribution < -0.4 is 5.32 Å². The van der Waals surface area contributed by atoms with Crippen LogP contribution >= 0.6 is 50.6 Å². The molecule has 4 rings (SSSR count). The lowest BCUT2D eigenvalue weighted by Gasteiger charge is -2.06. The maximum absolute atomic E-state index is 12.6. The number of rotatable bonds is 2. The van der Waals surface area contributed by atoms with E-state index in [1.54, 1.807) is 6.07 Å². The molecule has 0 unspecified atom stereocenters. The number of benzene rings is 2. The van der Waals surface area contributed by atoms with E-state index >= 15 is 0 Å². The van der Waals surface area contributed by atoms with E-state index in [1.807, 2.05) is 30.3 Å². The van der Waals surface area contributed by atoms with Crippen molar-refractivity contribution in [3.63, 3.8) is 0 Å². The third-order valence-electron chi connectivity index (χ3n) is 3.36. The Balaban J connectivity index is 1.73. The van der Waals surface area contributed by atoms with Crippen LogP contribution in [0.2, 0.25) is 5.02 Å². The number of anilines is 1. The van der Waals surface area contributed by atoms with Crippen molar-refractivity contribution in [2.75, 3.05) is 5.32 Å². The number of carbonyl (C=O) groups excluding carboxylic acids is 1. The average molecular weight is 425 g/mol. The molecular formula is C15H7BrClN3OS2. The van der Waals surface area contributed by atoms with E-state index in [1.165, 1.54) is 11.3 Å². The zero-order chi connectivity index (χ0) is 16.0. The van der Waals surface area contributed by atoms with Gasteiger partial charge in [0.05, 0.1) is 26.9 Å². The molecule has 2 heterocycles. The molecule has 0 saturated carbocycles. The fourth-order valence-corrected chi connectivity index (χ4v) is 4.85. The summed E-state index contributed by atoms with van der Waals surface area (Å²) in [7, 11) is 0. The normalized spacial score (nSPS) is 11.2. The number of carbonyl (C=O) groups is 1. The van der Waals surface area contributed by atoms with Crippen LogP contribution in [0, 0.1) is 0 Å².